The highest BCUT2D eigenvalue weighted by Crippen LogP contribution is 2.46. The lowest BCUT2D eigenvalue weighted by Gasteiger charge is -2.14. The van der Waals surface area contributed by atoms with Crippen LogP contribution in [0, 0.1) is 0 Å². The van der Waals surface area contributed by atoms with Gasteiger partial charge < -0.3 is 9.90 Å². The fraction of sp³-hybridized carbons (Fsp3) is 0. The topological polar surface area (TPSA) is 40.1 Å². The molecule has 1 aromatic carbocycles. The quantitative estimate of drug-likeness (QED) is 0.465. The molecule has 0 bridgehead atoms. The summed E-state index contributed by atoms with van der Waals surface area (Å²) in [7, 11) is 0. The molecule has 0 heterocycles. The largest absolute Gasteiger partial charge is 0.545 e. The molecule has 0 amide bonds. The van der Waals surface area contributed by atoms with Crippen molar-refractivity contribution in [2.24, 2.45) is 0 Å². The first kappa shape index (κ1) is 14.9. The number of hydrogen-bond acceptors (Lipinski definition) is 2. The highest BCUT2D eigenvalue weighted by Gasteiger charge is 2.22. The zero-order valence-electron chi connectivity index (χ0n) is 7.66. The molecule has 0 unspecified atom stereocenters. The van der Waals surface area contributed by atoms with Crippen LogP contribution >= 0.6 is 58.0 Å². The lowest BCUT2D eigenvalue weighted by molar-refractivity contribution is -0.295. The summed E-state index contributed by atoms with van der Waals surface area (Å²) in [5, 5.41) is 9.45. The van der Waals surface area contributed by atoms with E-state index < -0.39 is 11.5 Å². The first-order valence-corrected chi connectivity index (χ1v) is 5.75. The van der Waals surface area contributed by atoms with E-state index in [2.05, 4.69) is 0 Å². The summed E-state index contributed by atoms with van der Waals surface area (Å²) < 4.78 is 12.5. The predicted octanol–water partition coefficient (Wildman–Crippen LogP) is 4.01. The van der Waals surface area contributed by atoms with Crippen LogP contribution in [0.2, 0.25) is 25.1 Å². The van der Waals surface area contributed by atoms with Crippen LogP contribution in [0.4, 0.5) is 4.39 Å². The number of carbonyl (C=O) groups excluding carboxylic acids is 1. The normalized spacial score (nSPS) is 11.8. The second-order valence-corrected chi connectivity index (χ2v) is 4.64. The second-order valence-electron chi connectivity index (χ2n) is 2.76. The van der Waals surface area contributed by atoms with E-state index in [-0.39, 0.29) is 37.0 Å². The van der Waals surface area contributed by atoms with Crippen LogP contribution in [0.3, 0.4) is 0 Å². The highest BCUT2D eigenvalue weighted by atomic mass is 35.5. The zero-order chi connectivity index (χ0) is 13.3. The minimum atomic E-state index is -1.81. The minimum absolute atomic E-state index is 0.149. The van der Waals surface area contributed by atoms with Gasteiger partial charge in [0.05, 0.1) is 37.4 Å². The number of halogens is 6. The van der Waals surface area contributed by atoms with Crippen LogP contribution < -0.4 is 5.11 Å². The predicted molar refractivity (Wildman–Crippen MR) is 65.6 cm³/mol. The lowest BCUT2D eigenvalue weighted by Crippen LogP contribution is -2.23. The van der Waals surface area contributed by atoms with Crippen LogP contribution in [0.25, 0.3) is 5.57 Å². The molecule has 0 aliphatic rings. The van der Waals surface area contributed by atoms with Gasteiger partial charge in [0.1, 0.15) is 0 Å². The Labute approximate surface area is 120 Å². The van der Waals surface area contributed by atoms with Gasteiger partial charge >= 0.3 is 0 Å². The Hall–Kier alpha value is -0.190. The molecule has 0 aliphatic carbocycles. The number of carboxylic acids is 1. The molecule has 0 saturated heterocycles. The number of aliphatic carboxylic acids is 1. The highest BCUT2D eigenvalue weighted by molar-refractivity contribution is 6.56. The van der Waals surface area contributed by atoms with Gasteiger partial charge in [-0.15, -0.1) is 0 Å². The van der Waals surface area contributed by atoms with Crippen LogP contribution in [-0.2, 0) is 4.79 Å². The Kier molecular flexibility index (Phi) is 4.93. The summed E-state index contributed by atoms with van der Waals surface area (Å²) in [5.41, 5.74) is -1.25. The summed E-state index contributed by atoms with van der Waals surface area (Å²) in [4.78, 5) is 10.7. The molecule has 0 fully saturated rings. The Morgan fingerprint density at radius 3 is 1.59 bits per heavy atom. The van der Waals surface area contributed by atoms with Gasteiger partial charge in [0.25, 0.3) is 0 Å². The number of rotatable bonds is 2. The second kappa shape index (κ2) is 5.63. The average Bonchev–Trinajstić information content (AvgIpc) is 2.29. The molecule has 0 saturated carbocycles. The van der Waals surface area contributed by atoms with Gasteiger partial charge in [0, 0.05) is 11.1 Å². The fourth-order valence-corrected chi connectivity index (χ4v) is 2.38. The van der Waals surface area contributed by atoms with E-state index in [1.54, 1.807) is 0 Å². The SMILES string of the molecule is O=C([O-])/C(=C\F)c1c(Cl)c(Cl)c(Cl)c(Cl)c1Cl. The molecule has 0 aliphatic heterocycles. The van der Waals surface area contributed by atoms with E-state index in [4.69, 9.17) is 58.0 Å². The molecule has 0 N–H and O–H groups in total. The number of benzene rings is 1. The zero-order valence-corrected chi connectivity index (χ0v) is 11.4. The standard InChI is InChI=1S/C9H2Cl5FO2/c10-4-3(2(1-15)9(16)17)5(11)7(13)8(14)6(4)12/h1H,(H,16,17)/p-1/b2-1-. The third-order valence-electron chi connectivity index (χ3n) is 1.81. The molecular weight excluding hydrogens is 336 g/mol. The van der Waals surface area contributed by atoms with E-state index in [1.165, 1.54) is 0 Å². The first-order chi connectivity index (χ1) is 7.82. The van der Waals surface area contributed by atoms with Gasteiger partial charge in [-0.2, -0.15) is 0 Å². The third kappa shape index (κ3) is 2.64. The fourth-order valence-electron chi connectivity index (χ4n) is 1.04. The minimum Gasteiger partial charge on any atom is -0.545 e. The van der Waals surface area contributed by atoms with Crippen molar-refractivity contribution in [1.82, 2.24) is 0 Å². The number of carbonyl (C=O) groups is 1. The molecule has 2 nitrogen and oxygen atoms in total. The van der Waals surface area contributed by atoms with E-state index in [0.29, 0.717) is 0 Å². The van der Waals surface area contributed by atoms with Gasteiger partial charge in [-0.05, 0) is 0 Å². The van der Waals surface area contributed by atoms with Gasteiger partial charge in [0.2, 0.25) is 0 Å². The smallest absolute Gasteiger partial charge is 0.0964 e. The van der Waals surface area contributed by atoms with E-state index in [9.17, 15) is 14.3 Å². The maximum Gasteiger partial charge on any atom is 0.0964 e. The summed E-state index contributed by atoms with van der Waals surface area (Å²) in [5.74, 6) is -1.81. The average molecular weight is 337 g/mol. The Bertz CT molecular complexity index is 498. The van der Waals surface area contributed by atoms with Crippen molar-refractivity contribution < 1.29 is 14.3 Å². The monoisotopic (exact) mass is 335 g/mol. The molecule has 92 valence electrons. The summed E-state index contributed by atoms with van der Waals surface area (Å²) in [6.45, 7) is 0. The van der Waals surface area contributed by atoms with Crippen LogP contribution in [-0.4, -0.2) is 5.97 Å². The Balaban J connectivity index is 3.72. The van der Waals surface area contributed by atoms with Gasteiger partial charge in [0.15, 0.2) is 0 Å². The van der Waals surface area contributed by atoms with Crippen molar-refractivity contribution in [3.63, 3.8) is 0 Å². The van der Waals surface area contributed by atoms with Crippen LogP contribution in [0.1, 0.15) is 5.56 Å². The third-order valence-corrected chi connectivity index (χ3v) is 4.08. The number of hydrogen-bond donors (Lipinski definition) is 0. The maximum absolute atomic E-state index is 12.5. The Morgan fingerprint density at radius 1 is 0.941 bits per heavy atom. The number of carboxylic acid groups (broad SMARTS) is 1. The molecule has 0 atom stereocenters. The Morgan fingerprint density at radius 2 is 1.29 bits per heavy atom. The molecule has 17 heavy (non-hydrogen) atoms. The van der Waals surface area contributed by atoms with Crippen molar-refractivity contribution in [2.45, 2.75) is 0 Å². The van der Waals surface area contributed by atoms with Crippen LogP contribution in [0.5, 0.6) is 0 Å². The van der Waals surface area contributed by atoms with E-state index in [1.807, 2.05) is 0 Å². The molecular formula is C9HCl5FO2-. The van der Waals surface area contributed by atoms with E-state index >= 15 is 0 Å². The molecule has 1 rings (SSSR count). The van der Waals surface area contributed by atoms with Crippen molar-refractivity contribution in [1.29, 1.82) is 0 Å². The lowest BCUT2D eigenvalue weighted by atomic mass is 10.1. The van der Waals surface area contributed by atoms with Crippen molar-refractivity contribution >= 4 is 69.5 Å². The first-order valence-electron chi connectivity index (χ1n) is 3.86. The molecule has 1 aromatic rings. The van der Waals surface area contributed by atoms with E-state index in [0.717, 1.165) is 0 Å². The van der Waals surface area contributed by atoms with Crippen LogP contribution in [0.15, 0.2) is 6.33 Å². The molecule has 0 spiro atoms. The van der Waals surface area contributed by atoms with Crippen molar-refractivity contribution in [2.75, 3.05) is 0 Å². The van der Waals surface area contributed by atoms with Crippen molar-refractivity contribution in [3.05, 3.63) is 37.0 Å². The van der Waals surface area contributed by atoms with Gasteiger partial charge in [-0.3, -0.25) is 0 Å². The summed E-state index contributed by atoms with van der Waals surface area (Å²) in [6, 6.07) is 0. The summed E-state index contributed by atoms with van der Waals surface area (Å²) >= 11 is 28.5. The molecule has 8 heteroatoms. The van der Waals surface area contributed by atoms with Crippen molar-refractivity contribution in [3.8, 4) is 0 Å². The molecule has 0 radical (unpaired) electrons. The van der Waals surface area contributed by atoms with Gasteiger partial charge in [-0.25, -0.2) is 4.39 Å². The van der Waals surface area contributed by atoms with Gasteiger partial charge in [-0.1, -0.05) is 58.0 Å². The maximum atomic E-state index is 12.5. The molecule has 0 aromatic heterocycles. The summed E-state index contributed by atoms with van der Waals surface area (Å²) in [6.07, 6.45) is -0.219.